The van der Waals surface area contributed by atoms with Crippen molar-refractivity contribution >= 4 is 12.1 Å². The molecule has 0 N–H and O–H groups in total. The van der Waals surface area contributed by atoms with E-state index in [9.17, 15) is 18.0 Å². The molecule has 0 saturated carbocycles. The van der Waals surface area contributed by atoms with E-state index in [0.29, 0.717) is 12.1 Å². The Labute approximate surface area is 190 Å². The Kier molecular flexibility index (Phi) is 8.56. The number of hydrogen-bond donors (Lipinski definition) is 0. The summed E-state index contributed by atoms with van der Waals surface area (Å²) in [6.45, 7) is 4.95. The van der Waals surface area contributed by atoms with Crippen molar-refractivity contribution in [3.05, 3.63) is 65.8 Å². The number of aromatic nitrogens is 2. The van der Waals surface area contributed by atoms with Crippen LogP contribution in [-0.2, 0) is 11.3 Å². The molecule has 0 unspecified atom stereocenters. The van der Waals surface area contributed by atoms with E-state index in [0.717, 1.165) is 6.07 Å². The van der Waals surface area contributed by atoms with E-state index in [1.165, 1.54) is 43.2 Å². The Morgan fingerprint density at radius 2 is 1.67 bits per heavy atom. The van der Waals surface area contributed by atoms with Crippen molar-refractivity contribution in [2.24, 2.45) is 0 Å². The number of alkyl halides is 2. The minimum atomic E-state index is -2.89. The number of hydrogen-bond acceptors (Lipinski definition) is 6. The van der Waals surface area contributed by atoms with Crippen LogP contribution in [0.25, 0.3) is 11.5 Å². The van der Waals surface area contributed by atoms with Crippen molar-refractivity contribution in [2.75, 3.05) is 45.2 Å². The van der Waals surface area contributed by atoms with Crippen molar-refractivity contribution in [2.45, 2.75) is 13.0 Å². The summed E-state index contributed by atoms with van der Waals surface area (Å²) < 4.78 is 44.1. The SMILES string of the molecule is CN1CCN(C)CC1.O=CN(Cc1ccc(-c2nnc(C(F)F)o2)cc1F)c1ccccc1. The van der Waals surface area contributed by atoms with Gasteiger partial charge in [-0.15, -0.1) is 10.2 Å². The van der Waals surface area contributed by atoms with Gasteiger partial charge in [0.15, 0.2) is 0 Å². The maximum Gasteiger partial charge on any atom is 0.314 e. The molecule has 2 aromatic carbocycles. The van der Waals surface area contributed by atoms with E-state index in [1.54, 1.807) is 30.3 Å². The summed E-state index contributed by atoms with van der Waals surface area (Å²) in [5.41, 5.74) is 1.06. The molecule has 10 heteroatoms. The number of nitrogens with zero attached hydrogens (tertiary/aromatic N) is 5. The van der Waals surface area contributed by atoms with Crippen molar-refractivity contribution < 1.29 is 22.4 Å². The third-order valence-electron chi connectivity index (χ3n) is 5.21. The zero-order valence-corrected chi connectivity index (χ0v) is 18.5. The largest absolute Gasteiger partial charge is 0.415 e. The summed E-state index contributed by atoms with van der Waals surface area (Å²) in [6, 6.07) is 12.8. The molecule has 33 heavy (non-hydrogen) atoms. The van der Waals surface area contributed by atoms with Crippen molar-refractivity contribution in [3.63, 3.8) is 0 Å². The van der Waals surface area contributed by atoms with Gasteiger partial charge in [0.1, 0.15) is 5.82 Å². The number of piperazine rings is 1. The molecule has 1 fully saturated rings. The Morgan fingerprint density at radius 3 is 2.18 bits per heavy atom. The van der Waals surface area contributed by atoms with E-state index in [-0.39, 0.29) is 23.6 Å². The van der Waals surface area contributed by atoms with Gasteiger partial charge in [-0.25, -0.2) is 4.39 Å². The fourth-order valence-electron chi connectivity index (χ4n) is 3.15. The zero-order valence-electron chi connectivity index (χ0n) is 18.5. The Morgan fingerprint density at radius 1 is 1.03 bits per heavy atom. The smallest absolute Gasteiger partial charge is 0.314 e. The van der Waals surface area contributed by atoms with Gasteiger partial charge >= 0.3 is 6.43 Å². The second-order valence-electron chi connectivity index (χ2n) is 7.73. The number of likely N-dealkylation sites (N-methyl/N-ethyl adjacent to an activating group) is 2. The maximum absolute atomic E-state index is 14.3. The number of benzene rings is 2. The Hall–Kier alpha value is -3.24. The molecular weight excluding hydrogens is 435 g/mol. The van der Waals surface area contributed by atoms with Crippen LogP contribution >= 0.6 is 0 Å². The summed E-state index contributed by atoms with van der Waals surface area (Å²) in [5.74, 6) is -1.64. The van der Waals surface area contributed by atoms with Crippen LogP contribution in [0, 0.1) is 5.82 Å². The summed E-state index contributed by atoms with van der Waals surface area (Å²) in [7, 11) is 4.35. The van der Waals surface area contributed by atoms with Gasteiger partial charge in [-0.1, -0.05) is 24.3 Å². The number of carbonyl (C=O) groups is 1. The van der Waals surface area contributed by atoms with Crippen LogP contribution in [0.4, 0.5) is 18.9 Å². The third-order valence-corrected chi connectivity index (χ3v) is 5.21. The van der Waals surface area contributed by atoms with Gasteiger partial charge in [-0.05, 0) is 38.4 Å². The first kappa shape index (κ1) is 24.4. The van der Waals surface area contributed by atoms with E-state index in [2.05, 4.69) is 34.1 Å². The minimum Gasteiger partial charge on any atom is -0.415 e. The van der Waals surface area contributed by atoms with Gasteiger partial charge in [0.2, 0.25) is 12.3 Å². The standard InChI is InChI=1S/C17H12F3N3O2.C6H14N2/c18-14-8-11(16-21-22-17(25-16)15(19)20)6-7-12(14)9-23(10-24)13-4-2-1-3-5-13;1-7-3-5-8(2)6-4-7/h1-8,10,15H,9H2;3-6H2,1-2H3. The molecule has 4 rings (SSSR count). The number of anilines is 1. The molecule has 1 amide bonds. The second kappa shape index (κ2) is 11.6. The van der Waals surface area contributed by atoms with Gasteiger partial charge in [0.25, 0.3) is 5.89 Å². The summed E-state index contributed by atoms with van der Waals surface area (Å²) in [5, 5.41) is 6.68. The molecule has 0 spiro atoms. The summed E-state index contributed by atoms with van der Waals surface area (Å²) in [6.07, 6.45) is -2.28. The molecule has 2 heterocycles. The van der Waals surface area contributed by atoms with Crippen LogP contribution in [0.15, 0.2) is 52.9 Å². The number of carbonyl (C=O) groups excluding carboxylic acids is 1. The predicted octanol–water partition coefficient (Wildman–Crippen LogP) is 3.84. The van der Waals surface area contributed by atoms with Crippen LogP contribution in [0.2, 0.25) is 0 Å². The Bertz CT molecular complexity index is 1010. The number of halogens is 3. The quantitative estimate of drug-likeness (QED) is 0.520. The third kappa shape index (κ3) is 6.87. The predicted molar refractivity (Wildman–Crippen MR) is 118 cm³/mol. The molecule has 0 aliphatic carbocycles. The molecule has 0 bridgehead atoms. The van der Waals surface area contributed by atoms with Crippen LogP contribution in [0.3, 0.4) is 0 Å². The normalized spacial score (nSPS) is 14.6. The van der Waals surface area contributed by atoms with E-state index in [1.807, 2.05) is 0 Å². The lowest BCUT2D eigenvalue weighted by Crippen LogP contribution is -2.42. The highest BCUT2D eigenvalue weighted by atomic mass is 19.3. The van der Waals surface area contributed by atoms with Crippen molar-refractivity contribution in [1.29, 1.82) is 0 Å². The fraction of sp³-hybridized carbons (Fsp3) is 0.348. The topological polar surface area (TPSA) is 65.7 Å². The lowest BCUT2D eigenvalue weighted by atomic mass is 10.1. The minimum absolute atomic E-state index is 0.0196. The number of para-hydroxylation sites is 1. The molecule has 0 radical (unpaired) electrons. The van der Waals surface area contributed by atoms with E-state index >= 15 is 0 Å². The molecule has 0 atom stereocenters. The van der Waals surface area contributed by atoms with Gasteiger partial charge in [-0.3, -0.25) is 4.79 Å². The molecule has 7 nitrogen and oxygen atoms in total. The monoisotopic (exact) mass is 461 g/mol. The molecule has 3 aromatic rings. The number of amides is 1. The highest BCUT2D eigenvalue weighted by molar-refractivity contribution is 5.75. The van der Waals surface area contributed by atoms with Gasteiger partial charge in [0.05, 0.1) is 6.54 Å². The summed E-state index contributed by atoms with van der Waals surface area (Å²) in [4.78, 5) is 17.3. The maximum atomic E-state index is 14.3. The van der Waals surface area contributed by atoms with E-state index in [4.69, 9.17) is 4.42 Å². The molecule has 1 aliphatic heterocycles. The first-order chi connectivity index (χ1) is 15.9. The fourth-order valence-corrected chi connectivity index (χ4v) is 3.15. The van der Waals surface area contributed by atoms with Gasteiger partial charge in [0, 0.05) is 43.0 Å². The average molecular weight is 461 g/mol. The van der Waals surface area contributed by atoms with Crippen molar-refractivity contribution in [1.82, 2.24) is 20.0 Å². The molecular formula is C23H26F3N5O2. The van der Waals surface area contributed by atoms with Crippen LogP contribution in [0.5, 0.6) is 0 Å². The highest BCUT2D eigenvalue weighted by Crippen LogP contribution is 2.25. The first-order valence-electron chi connectivity index (χ1n) is 10.4. The highest BCUT2D eigenvalue weighted by Gasteiger charge is 2.18. The lowest BCUT2D eigenvalue weighted by molar-refractivity contribution is -0.107. The first-order valence-corrected chi connectivity index (χ1v) is 10.4. The van der Waals surface area contributed by atoms with Crippen LogP contribution < -0.4 is 4.90 Å². The molecule has 1 saturated heterocycles. The summed E-state index contributed by atoms with van der Waals surface area (Å²) >= 11 is 0. The van der Waals surface area contributed by atoms with Gasteiger partial charge in [-0.2, -0.15) is 8.78 Å². The number of rotatable bonds is 6. The van der Waals surface area contributed by atoms with E-state index < -0.39 is 18.1 Å². The lowest BCUT2D eigenvalue weighted by Gasteiger charge is -2.28. The Balaban J connectivity index is 0.000000323. The van der Waals surface area contributed by atoms with Crippen LogP contribution in [-0.4, -0.2) is 66.7 Å². The average Bonchev–Trinajstić information content (AvgIpc) is 3.32. The van der Waals surface area contributed by atoms with Crippen molar-refractivity contribution in [3.8, 4) is 11.5 Å². The second-order valence-corrected chi connectivity index (χ2v) is 7.73. The van der Waals surface area contributed by atoms with Crippen LogP contribution in [0.1, 0.15) is 17.9 Å². The van der Waals surface area contributed by atoms with Gasteiger partial charge < -0.3 is 19.1 Å². The molecule has 1 aliphatic rings. The molecule has 176 valence electrons. The zero-order chi connectivity index (χ0) is 23.8. The molecule has 1 aromatic heterocycles.